The lowest BCUT2D eigenvalue weighted by atomic mass is 10.2. The van der Waals surface area contributed by atoms with Gasteiger partial charge in [-0.05, 0) is 31.2 Å². The van der Waals surface area contributed by atoms with Gasteiger partial charge in [0.1, 0.15) is 11.8 Å². The average Bonchev–Trinajstić information content (AvgIpc) is 2.92. The van der Waals surface area contributed by atoms with Gasteiger partial charge in [0.2, 0.25) is 5.91 Å². The Hall–Kier alpha value is -3.22. The zero-order chi connectivity index (χ0) is 19.1. The molecule has 0 aromatic heterocycles. The van der Waals surface area contributed by atoms with Gasteiger partial charge in [0.05, 0.1) is 13.2 Å². The maximum Gasteiger partial charge on any atom is 0.258 e. The number of hydrogen-bond acceptors (Lipinski definition) is 5. The largest absolute Gasteiger partial charge is 0.490 e. The highest BCUT2D eigenvalue weighted by atomic mass is 16.5. The number of nitrogens with one attached hydrogen (secondary N) is 2. The minimum atomic E-state index is -0.715. The van der Waals surface area contributed by atoms with Gasteiger partial charge in [0.15, 0.2) is 18.1 Å². The zero-order valence-electron chi connectivity index (χ0n) is 15.1. The van der Waals surface area contributed by atoms with Crippen LogP contribution in [-0.4, -0.2) is 37.7 Å². The highest BCUT2D eigenvalue weighted by Crippen LogP contribution is 2.32. The van der Waals surface area contributed by atoms with Crippen molar-refractivity contribution >= 4 is 17.5 Å². The number of anilines is 1. The fraction of sp³-hybridized carbons (Fsp3) is 0.300. The maximum atomic E-state index is 12.3. The van der Waals surface area contributed by atoms with Crippen molar-refractivity contribution in [3.63, 3.8) is 0 Å². The fourth-order valence-corrected chi connectivity index (χ4v) is 2.51. The molecule has 2 amide bonds. The summed E-state index contributed by atoms with van der Waals surface area (Å²) in [7, 11) is 0. The molecule has 2 aromatic carbocycles. The summed E-state index contributed by atoms with van der Waals surface area (Å²) < 4.78 is 16.5. The van der Waals surface area contributed by atoms with E-state index in [0.717, 1.165) is 6.42 Å². The van der Waals surface area contributed by atoms with Crippen molar-refractivity contribution in [1.29, 1.82) is 0 Å². The molecule has 0 unspecified atom stereocenters. The Labute approximate surface area is 157 Å². The molecular weight excluding hydrogens is 348 g/mol. The van der Waals surface area contributed by atoms with E-state index in [1.54, 1.807) is 37.3 Å². The van der Waals surface area contributed by atoms with Gasteiger partial charge in [0.25, 0.3) is 5.91 Å². The summed E-state index contributed by atoms with van der Waals surface area (Å²) in [5.74, 6) is 1.14. The highest BCUT2D eigenvalue weighted by Gasteiger charge is 2.17. The number of rotatable bonds is 6. The van der Waals surface area contributed by atoms with E-state index < -0.39 is 6.04 Å². The first-order valence-electron chi connectivity index (χ1n) is 8.79. The van der Waals surface area contributed by atoms with Crippen LogP contribution >= 0.6 is 0 Å². The Bertz CT molecular complexity index is 794. The lowest BCUT2D eigenvalue weighted by Gasteiger charge is -2.15. The number of hydrogen-bond donors (Lipinski definition) is 2. The molecule has 142 valence electrons. The summed E-state index contributed by atoms with van der Waals surface area (Å²) in [5.41, 5.74) is 0.575. The van der Waals surface area contributed by atoms with Gasteiger partial charge in [-0.2, -0.15) is 0 Å². The number of benzene rings is 2. The average molecular weight is 370 g/mol. The first-order chi connectivity index (χ1) is 13.1. The second-order valence-corrected chi connectivity index (χ2v) is 6.09. The molecule has 0 radical (unpaired) electrons. The predicted octanol–water partition coefficient (Wildman–Crippen LogP) is 2.37. The van der Waals surface area contributed by atoms with Crippen molar-refractivity contribution in [2.45, 2.75) is 19.4 Å². The van der Waals surface area contributed by atoms with Crippen molar-refractivity contribution in [2.24, 2.45) is 0 Å². The summed E-state index contributed by atoms with van der Waals surface area (Å²) in [4.78, 5) is 24.3. The number of amides is 2. The lowest BCUT2D eigenvalue weighted by molar-refractivity contribution is -0.127. The van der Waals surface area contributed by atoms with Crippen molar-refractivity contribution in [1.82, 2.24) is 5.32 Å². The third-order valence-corrected chi connectivity index (χ3v) is 3.90. The molecule has 1 heterocycles. The normalized spacial score (nSPS) is 13.8. The summed E-state index contributed by atoms with van der Waals surface area (Å²) in [5, 5.41) is 5.37. The first-order valence-corrected chi connectivity index (χ1v) is 8.79. The van der Waals surface area contributed by atoms with E-state index in [4.69, 9.17) is 14.2 Å². The molecule has 0 aliphatic carbocycles. The van der Waals surface area contributed by atoms with Crippen molar-refractivity contribution < 1.29 is 23.8 Å². The third-order valence-electron chi connectivity index (χ3n) is 3.90. The molecule has 3 rings (SSSR count). The van der Waals surface area contributed by atoms with Crippen LogP contribution < -0.4 is 24.8 Å². The molecule has 2 N–H and O–H groups in total. The van der Waals surface area contributed by atoms with Gasteiger partial charge in [-0.15, -0.1) is 0 Å². The molecule has 2 aromatic rings. The quantitative estimate of drug-likeness (QED) is 0.815. The molecule has 0 spiro atoms. The van der Waals surface area contributed by atoms with E-state index in [2.05, 4.69) is 10.6 Å². The Kier molecular flexibility index (Phi) is 6.14. The second-order valence-electron chi connectivity index (χ2n) is 6.09. The van der Waals surface area contributed by atoms with Gasteiger partial charge in [0, 0.05) is 18.2 Å². The van der Waals surface area contributed by atoms with Gasteiger partial charge < -0.3 is 24.8 Å². The molecule has 0 saturated carbocycles. The molecule has 1 atom stereocenters. The van der Waals surface area contributed by atoms with Crippen molar-refractivity contribution in [3.05, 3.63) is 48.5 Å². The van der Waals surface area contributed by atoms with Gasteiger partial charge in [-0.3, -0.25) is 9.59 Å². The van der Waals surface area contributed by atoms with Crippen LogP contribution in [0.2, 0.25) is 0 Å². The fourth-order valence-electron chi connectivity index (χ4n) is 2.51. The van der Waals surface area contributed by atoms with E-state index in [9.17, 15) is 9.59 Å². The van der Waals surface area contributed by atoms with E-state index >= 15 is 0 Å². The molecule has 27 heavy (non-hydrogen) atoms. The highest BCUT2D eigenvalue weighted by molar-refractivity contribution is 5.97. The summed E-state index contributed by atoms with van der Waals surface area (Å²) in [6.07, 6.45) is 0.810. The monoisotopic (exact) mass is 370 g/mol. The van der Waals surface area contributed by atoms with E-state index in [1.807, 2.05) is 18.2 Å². The SMILES string of the molecule is C[C@H](NC(=O)COc1ccccc1)C(=O)Nc1ccc2c(c1)OCCCO2. The number of fused-ring (bicyclic) bond motifs is 1. The smallest absolute Gasteiger partial charge is 0.258 e. The standard InChI is InChI=1S/C20H22N2O5/c1-14(21-19(23)13-27-16-6-3-2-4-7-16)20(24)22-15-8-9-17-18(12-15)26-11-5-10-25-17/h2-4,6-9,12,14H,5,10-11,13H2,1H3,(H,21,23)(H,22,24)/t14-/m0/s1. The molecule has 0 fully saturated rings. The zero-order valence-corrected chi connectivity index (χ0v) is 15.1. The van der Waals surface area contributed by atoms with Gasteiger partial charge >= 0.3 is 0 Å². The second kappa shape index (κ2) is 8.93. The number of ether oxygens (including phenoxy) is 3. The van der Waals surface area contributed by atoms with Crippen molar-refractivity contribution in [3.8, 4) is 17.2 Å². The molecule has 7 heteroatoms. The molecule has 0 saturated heterocycles. The maximum absolute atomic E-state index is 12.3. The lowest BCUT2D eigenvalue weighted by Crippen LogP contribution is -2.43. The van der Waals surface area contributed by atoms with Crippen LogP contribution in [0.1, 0.15) is 13.3 Å². The Morgan fingerprint density at radius 3 is 2.59 bits per heavy atom. The van der Waals surface area contributed by atoms with Crippen LogP contribution in [-0.2, 0) is 9.59 Å². The third kappa shape index (κ3) is 5.37. The van der Waals surface area contributed by atoms with E-state index in [1.165, 1.54) is 0 Å². The van der Waals surface area contributed by atoms with Crippen LogP contribution in [0.5, 0.6) is 17.2 Å². The Morgan fingerprint density at radius 1 is 1.07 bits per heavy atom. The summed E-state index contributed by atoms with van der Waals surface area (Å²) >= 11 is 0. The molecule has 1 aliphatic heterocycles. The van der Waals surface area contributed by atoms with Crippen LogP contribution in [0.15, 0.2) is 48.5 Å². The Morgan fingerprint density at radius 2 is 1.81 bits per heavy atom. The number of carbonyl (C=O) groups excluding carboxylic acids is 2. The van der Waals surface area contributed by atoms with Crippen LogP contribution in [0.3, 0.4) is 0 Å². The number of carbonyl (C=O) groups is 2. The minimum absolute atomic E-state index is 0.161. The Balaban J connectivity index is 1.50. The first kappa shape index (κ1) is 18.6. The molecule has 1 aliphatic rings. The van der Waals surface area contributed by atoms with E-state index in [0.29, 0.717) is 36.1 Å². The van der Waals surface area contributed by atoms with Crippen LogP contribution in [0.4, 0.5) is 5.69 Å². The minimum Gasteiger partial charge on any atom is -0.490 e. The molecular formula is C20H22N2O5. The van der Waals surface area contributed by atoms with Gasteiger partial charge in [-0.1, -0.05) is 18.2 Å². The van der Waals surface area contributed by atoms with Crippen LogP contribution in [0.25, 0.3) is 0 Å². The van der Waals surface area contributed by atoms with Crippen LogP contribution in [0, 0.1) is 0 Å². The molecule has 0 bridgehead atoms. The van der Waals surface area contributed by atoms with Gasteiger partial charge in [-0.25, -0.2) is 0 Å². The van der Waals surface area contributed by atoms with Crippen molar-refractivity contribution in [2.75, 3.05) is 25.1 Å². The summed E-state index contributed by atoms with van der Waals surface area (Å²) in [6, 6.07) is 13.5. The topological polar surface area (TPSA) is 85.9 Å². The summed E-state index contributed by atoms with van der Waals surface area (Å²) in [6.45, 7) is 2.62. The number of para-hydroxylation sites is 1. The predicted molar refractivity (Wildman–Crippen MR) is 100 cm³/mol. The molecule has 7 nitrogen and oxygen atoms in total. The van der Waals surface area contributed by atoms with E-state index in [-0.39, 0.29) is 18.4 Å².